The SMILES string of the molecule is COc1ccccc1C1C=C(C(=O)O)Nc2c(C(=O)Nc3ccc(Cl)cc3)cnn21. The van der Waals surface area contributed by atoms with Gasteiger partial charge in [-0.15, -0.1) is 0 Å². The Bertz CT molecular complexity index is 1150. The van der Waals surface area contributed by atoms with Gasteiger partial charge in [0.2, 0.25) is 0 Å². The lowest BCUT2D eigenvalue weighted by Crippen LogP contribution is -2.26. The summed E-state index contributed by atoms with van der Waals surface area (Å²) >= 11 is 5.88. The van der Waals surface area contributed by atoms with Gasteiger partial charge in [-0.1, -0.05) is 29.8 Å². The molecule has 8 nitrogen and oxygen atoms in total. The molecular weight excluding hydrogens is 408 g/mol. The molecule has 0 bridgehead atoms. The number of carboxylic acids is 1. The van der Waals surface area contributed by atoms with Crippen LogP contribution in [0, 0.1) is 0 Å². The molecule has 1 aliphatic heterocycles. The second-order valence-corrected chi connectivity index (χ2v) is 6.95. The number of benzene rings is 2. The van der Waals surface area contributed by atoms with Crippen molar-refractivity contribution in [2.45, 2.75) is 6.04 Å². The zero-order chi connectivity index (χ0) is 21.3. The number of aromatic nitrogens is 2. The fourth-order valence-electron chi connectivity index (χ4n) is 3.25. The van der Waals surface area contributed by atoms with E-state index in [9.17, 15) is 14.7 Å². The van der Waals surface area contributed by atoms with Crippen LogP contribution in [0.25, 0.3) is 0 Å². The number of carbonyl (C=O) groups excluding carboxylic acids is 1. The summed E-state index contributed by atoms with van der Waals surface area (Å²) in [5.41, 5.74) is 1.42. The summed E-state index contributed by atoms with van der Waals surface area (Å²) in [6.07, 6.45) is 2.93. The van der Waals surface area contributed by atoms with Gasteiger partial charge in [-0.3, -0.25) is 4.79 Å². The molecule has 0 saturated carbocycles. The number of nitrogens with zero attached hydrogens (tertiary/aromatic N) is 2. The number of ether oxygens (including phenoxy) is 1. The van der Waals surface area contributed by atoms with Gasteiger partial charge in [0.1, 0.15) is 28.9 Å². The first-order valence-electron chi connectivity index (χ1n) is 8.97. The van der Waals surface area contributed by atoms with Crippen LogP contribution in [0.1, 0.15) is 22.0 Å². The largest absolute Gasteiger partial charge is 0.496 e. The van der Waals surface area contributed by atoms with Crippen LogP contribution in [0.4, 0.5) is 11.5 Å². The summed E-state index contributed by atoms with van der Waals surface area (Å²) in [5, 5.41) is 20.0. The molecular formula is C21H17ClN4O4. The zero-order valence-electron chi connectivity index (χ0n) is 15.8. The first-order valence-corrected chi connectivity index (χ1v) is 9.35. The van der Waals surface area contributed by atoms with Gasteiger partial charge in [-0.05, 0) is 36.4 Å². The maximum Gasteiger partial charge on any atom is 0.352 e. The van der Waals surface area contributed by atoms with Crippen molar-refractivity contribution in [3.8, 4) is 5.75 Å². The van der Waals surface area contributed by atoms with Crippen molar-refractivity contribution in [2.24, 2.45) is 0 Å². The maximum atomic E-state index is 12.8. The van der Waals surface area contributed by atoms with E-state index in [0.29, 0.717) is 22.0 Å². The van der Waals surface area contributed by atoms with Crippen LogP contribution in [0.3, 0.4) is 0 Å². The second kappa shape index (κ2) is 7.92. The Balaban J connectivity index is 1.74. The van der Waals surface area contributed by atoms with E-state index in [2.05, 4.69) is 15.7 Å². The van der Waals surface area contributed by atoms with Gasteiger partial charge in [0.15, 0.2) is 0 Å². The number of methoxy groups -OCH3 is 1. The number of carboxylic acid groups (broad SMARTS) is 1. The molecule has 2 aromatic carbocycles. The van der Waals surface area contributed by atoms with Crippen molar-refractivity contribution in [3.05, 3.63) is 82.7 Å². The van der Waals surface area contributed by atoms with Gasteiger partial charge in [0, 0.05) is 16.3 Å². The average Bonchev–Trinajstić information content (AvgIpc) is 3.19. The molecule has 1 atom stereocenters. The smallest absolute Gasteiger partial charge is 0.352 e. The molecule has 0 aliphatic carbocycles. The number of allylic oxidation sites excluding steroid dienone is 1. The summed E-state index contributed by atoms with van der Waals surface area (Å²) in [7, 11) is 1.54. The highest BCUT2D eigenvalue weighted by atomic mass is 35.5. The predicted molar refractivity (Wildman–Crippen MR) is 112 cm³/mol. The Hall–Kier alpha value is -3.78. The Morgan fingerprint density at radius 2 is 1.93 bits per heavy atom. The first-order chi connectivity index (χ1) is 14.5. The van der Waals surface area contributed by atoms with Crippen LogP contribution in [0.5, 0.6) is 5.75 Å². The number of hydrogen-bond donors (Lipinski definition) is 3. The quantitative estimate of drug-likeness (QED) is 0.575. The van der Waals surface area contributed by atoms with Crippen LogP contribution in [-0.2, 0) is 4.79 Å². The monoisotopic (exact) mass is 424 g/mol. The highest BCUT2D eigenvalue weighted by Crippen LogP contribution is 2.36. The molecule has 9 heteroatoms. The van der Waals surface area contributed by atoms with E-state index in [0.717, 1.165) is 0 Å². The van der Waals surface area contributed by atoms with Gasteiger partial charge in [0.05, 0.1) is 13.3 Å². The second-order valence-electron chi connectivity index (χ2n) is 6.51. The van der Waals surface area contributed by atoms with Crippen LogP contribution in [-0.4, -0.2) is 33.9 Å². The highest BCUT2D eigenvalue weighted by Gasteiger charge is 2.30. The minimum Gasteiger partial charge on any atom is -0.496 e. The number of aliphatic carboxylic acids is 1. The average molecular weight is 425 g/mol. The van der Waals surface area contributed by atoms with Crippen LogP contribution >= 0.6 is 11.6 Å². The standard InChI is InChI=1S/C21H17ClN4O4/c1-30-18-5-3-2-4-14(18)17-10-16(21(28)29)25-19-15(11-23-26(17)19)20(27)24-13-8-6-12(22)7-9-13/h2-11,17,25H,1H3,(H,24,27)(H,28,29). The summed E-state index contributed by atoms with van der Waals surface area (Å²) in [6.45, 7) is 0. The minimum absolute atomic E-state index is 0.0561. The van der Waals surface area contributed by atoms with Crippen molar-refractivity contribution in [1.29, 1.82) is 0 Å². The third-order valence-corrected chi connectivity index (χ3v) is 4.92. The van der Waals surface area contributed by atoms with Gasteiger partial charge in [0.25, 0.3) is 5.91 Å². The number of hydrogen-bond acceptors (Lipinski definition) is 5. The Kier molecular flexibility index (Phi) is 5.16. The molecule has 152 valence electrons. The maximum absolute atomic E-state index is 12.8. The molecule has 3 aromatic rings. The van der Waals surface area contributed by atoms with Gasteiger partial charge < -0.3 is 20.5 Å². The van der Waals surface area contributed by atoms with Crippen molar-refractivity contribution in [3.63, 3.8) is 0 Å². The van der Waals surface area contributed by atoms with Crippen molar-refractivity contribution in [1.82, 2.24) is 9.78 Å². The van der Waals surface area contributed by atoms with E-state index >= 15 is 0 Å². The van der Waals surface area contributed by atoms with E-state index < -0.39 is 17.9 Å². The number of amides is 1. The summed E-state index contributed by atoms with van der Waals surface area (Å²) in [4.78, 5) is 24.6. The molecule has 1 amide bonds. The lowest BCUT2D eigenvalue weighted by molar-refractivity contribution is -0.132. The van der Waals surface area contributed by atoms with Gasteiger partial charge in [-0.2, -0.15) is 5.10 Å². The normalized spacial score (nSPS) is 14.9. The molecule has 3 N–H and O–H groups in total. The molecule has 0 fully saturated rings. The van der Waals surface area contributed by atoms with Crippen LogP contribution < -0.4 is 15.4 Å². The third kappa shape index (κ3) is 3.60. The number of para-hydroxylation sites is 1. The van der Waals surface area contributed by atoms with E-state index in [4.69, 9.17) is 16.3 Å². The fraction of sp³-hybridized carbons (Fsp3) is 0.0952. The molecule has 30 heavy (non-hydrogen) atoms. The van der Waals surface area contributed by atoms with Gasteiger partial charge >= 0.3 is 5.97 Å². The number of halogens is 1. The van der Waals surface area contributed by atoms with Crippen molar-refractivity contribution in [2.75, 3.05) is 17.7 Å². The zero-order valence-corrected chi connectivity index (χ0v) is 16.6. The predicted octanol–water partition coefficient (Wildman–Crippen LogP) is 3.78. The van der Waals surface area contributed by atoms with Gasteiger partial charge in [-0.25, -0.2) is 9.48 Å². The fourth-order valence-corrected chi connectivity index (χ4v) is 3.38. The van der Waals surface area contributed by atoms with Crippen LogP contribution in [0.15, 0.2) is 66.5 Å². The summed E-state index contributed by atoms with van der Waals surface area (Å²) < 4.78 is 6.98. The molecule has 0 spiro atoms. The summed E-state index contributed by atoms with van der Waals surface area (Å²) in [5.74, 6) is -0.723. The minimum atomic E-state index is -1.15. The lowest BCUT2D eigenvalue weighted by Gasteiger charge is -2.25. The third-order valence-electron chi connectivity index (χ3n) is 4.67. The Morgan fingerprint density at radius 3 is 2.63 bits per heavy atom. The number of carbonyl (C=O) groups is 2. The number of fused-ring (bicyclic) bond motifs is 1. The Labute approximate surface area is 176 Å². The number of nitrogens with one attached hydrogen (secondary N) is 2. The Morgan fingerprint density at radius 1 is 1.20 bits per heavy atom. The van der Waals surface area contributed by atoms with Crippen LogP contribution in [0.2, 0.25) is 5.02 Å². The molecule has 0 radical (unpaired) electrons. The topological polar surface area (TPSA) is 105 Å². The van der Waals surface area contributed by atoms with E-state index in [-0.39, 0.29) is 17.1 Å². The van der Waals surface area contributed by atoms with Crippen molar-refractivity contribution < 1.29 is 19.4 Å². The lowest BCUT2D eigenvalue weighted by atomic mass is 10.0. The molecule has 4 rings (SSSR count). The van der Waals surface area contributed by atoms with Crippen molar-refractivity contribution >= 4 is 35.0 Å². The van der Waals surface area contributed by atoms with E-state index in [1.165, 1.54) is 19.4 Å². The number of rotatable bonds is 5. The van der Waals surface area contributed by atoms with E-state index in [1.807, 2.05) is 18.2 Å². The molecule has 2 heterocycles. The molecule has 1 unspecified atom stereocenters. The molecule has 0 saturated heterocycles. The number of anilines is 2. The highest BCUT2D eigenvalue weighted by molar-refractivity contribution is 6.30. The molecule has 1 aromatic heterocycles. The van der Waals surface area contributed by atoms with E-state index in [1.54, 1.807) is 35.0 Å². The summed E-state index contributed by atoms with van der Waals surface area (Å²) in [6, 6.07) is 13.3. The molecule has 1 aliphatic rings. The first kappa shape index (κ1) is 19.5.